The lowest BCUT2D eigenvalue weighted by Gasteiger charge is -2.28. The Morgan fingerprint density at radius 1 is 1.18 bits per heavy atom. The first-order valence-electron chi connectivity index (χ1n) is 11.7. The van der Waals surface area contributed by atoms with Crippen molar-refractivity contribution in [1.29, 1.82) is 0 Å². The highest BCUT2D eigenvalue weighted by atomic mass is 19.1. The molecule has 3 aromatic rings. The number of hydrogen-bond acceptors (Lipinski definition) is 4. The van der Waals surface area contributed by atoms with Crippen molar-refractivity contribution in [3.8, 4) is 22.8 Å². The van der Waals surface area contributed by atoms with E-state index >= 15 is 0 Å². The molecule has 1 unspecified atom stereocenters. The van der Waals surface area contributed by atoms with Crippen LogP contribution in [0.1, 0.15) is 48.3 Å². The maximum absolute atomic E-state index is 14.3. The first-order chi connectivity index (χ1) is 16.4. The molecule has 1 aliphatic carbocycles. The molecule has 34 heavy (non-hydrogen) atoms. The number of hydrogen-bond donors (Lipinski definition) is 1. The molecule has 1 saturated carbocycles. The van der Waals surface area contributed by atoms with Crippen LogP contribution in [0.25, 0.3) is 11.1 Å². The Morgan fingerprint density at radius 2 is 1.94 bits per heavy atom. The largest absolute Gasteiger partial charge is 0.493 e. The Kier molecular flexibility index (Phi) is 5.98. The number of aromatic nitrogens is 1. The van der Waals surface area contributed by atoms with Crippen LogP contribution in [0.15, 0.2) is 54.7 Å². The number of aliphatic carboxylic acids is 1. The molecule has 0 bridgehead atoms. The number of benzene rings is 2. The summed E-state index contributed by atoms with van der Waals surface area (Å²) in [4.78, 5) is 15.6. The smallest absolute Gasteiger partial charge is 0.306 e. The molecule has 6 heteroatoms. The van der Waals surface area contributed by atoms with Crippen molar-refractivity contribution in [2.45, 2.75) is 38.0 Å². The third kappa shape index (κ3) is 4.37. The molecule has 5 nitrogen and oxygen atoms in total. The van der Waals surface area contributed by atoms with Gasteiger partial charge in [-0.1, -0.05) is 43.3 Å². The summed E-state index contributed by atoms with van der Waals surface area (Å²) in [5.41, 5.74) is 4.55. The van der Waals surface area contributed by atoms with Crippen LogP contribution >= 0.6 is 0 Å². The van der Waals surface area contributed by atoms with Crippen molar-refractivity contribution < 1.29 is 23.8 Å². The molecule has 5 rings (SSSR count). The molecular weight excluding hydrogens is 433 g/mol. The second kappa shape index (κ2) is 9.09. The van der Waals surface area contributed by atoms with Crippen LogP contribution in [0.2, 0.25) is 0 Å². The van der Waals surface area contributed by atoms with E-state index in [1.807, 2.05) is 43.3 Å². The Morgan fingerprint density at radius 3 is 2.62 bits per heavy atom. The van der Waals surface area contributed by atoms with E-state index in [-0.39, 0.29) is 11.8 Å². The van der Waals surface area contributed by atoms with Crippen LogP contribution in [-0.2, 0) is 11.2 Å². The molecule has 176 valence electrons. The van der Waals surface area contributed by atoms with Gasteiger partial charge in [0, 0.05) is 17.5 Å². The van der Waals surface area contributed by atoms with Gasteiger partial charge in [-0.2, -0.15) is 0 Å². The van der Waals surface area contributed by atoms with Gasteiger partial charge in [-0.25, -0.2) is 9.37 Å². The number of fused-ring (bicyclic) bond motifs is 1. The van der Waals surface area contributed by atoms with Gasteiger partial charge in [0.15, 0.2) is 0 Å². The van der Waals surface area contributed by atoms with Crippen molar-refractivity contribution >= 4 is 5.97 Å². The van der Waals surface area contributed by atoms with Gasteiger partial charge >= 0.3 is 5.97 Å². The van der Waals surface area contributed by atoms with Gasteiger partial charge in [0.2, 0.25) is 5.88 Å². The topological polar surface area (TPSA) is 68.7 Å². The van der Waals surface area contributed by atoms with Crippen LogP contribution < -0.4 is 9.47 Å². The molecule has 1 aromatic heterocycles. The highest BCUT2D eigenvalue weighted by molar-refractivity contribution is 5.71. The van der Waals surface area contributed by atoms with E-state index in [9.17, 15) is 14.3 Å². The first-order valence-corrected chi connectivity index (χ1v) is 11.7. The zero-order chi connectivity index (χ0) is 23.8. The van der Waals surface area contributed by atoms with Crippen LogP contribution in [0.5, 0.6) is 11.6 Å². The fourth-order valence-corrected chi connectivity index (χ4v) is 5.10. The van der Waals surface area contributed by atoms with Gasteiger partial charge in [0.1, 0.15) is 11.6 Å². The number of ether oxygens (including phenoxy) is 2. The number of pyridine rings is 1. The maximum Gasteiger partial charge on any atom is 0.306 e. The van der Waals surface area contributed by atoms with Crippen LogP contribution in [-0.4, -0.2) is 29.8 Å². The quantitative estimate of drug-likeness (QED) is 0.480. The second-order valence-electron chi connectivity index (χ2n) is 9.40. The molecule has 0 saturated heterocycles. The van der Waals surface area contributed by atoms with Crippen LogP contribution in [0, 0.1) is 17.7 Å². The zero-order valence-corrected chi connectivity index (χ0v) is 19.3. The van der Waals surface area contributed by atoms with Gasteiger partial charge in [0.05, 0.1) is 25.8 Å². The van der Waals surface area contributed by atoms with Gasteiger partial charge in [-0.3, -0.25) is 4.79 Å². The van der Waals surface area contributed by atoms with Gasteiger partial charge in [0.25, 0.3) is 0 Å². The van der Waals surface area contributed by atoms with Crippen LogP contribution in [0.3, 0.4) is 0 Å². The molecule has 0 radical (unpaired) electrons. The van der Waals surface area contributed by atoms with E-state index in [1.54, 1.807) is 6.07 Å². The Bertz CT molecular complexity index is 1210. The molecule has 1 aliphatic heterocycles. The minimum atomic E-state index is -0.743. The SMILES string of the molecule is COc1cc(-c2ccc(C3COc4ccc([C@H](C5CC5)[C@H](C)C(=O)O)cc4C3)cc2)c(F)cn1. The fourth-order valence-electron chi connectivity index (χ4n) is 5.10. The van der Waals surface area contributed by atoms with E-state index in [2.05, 4.69) is 11.1 Å². The lowest BCUT2D eigenvalue weighted by molar-refractivity contribution is -0.142. The number of nitrogens with zero attached hydrogens (tertiary/aromatic N) is 1. The highest BCUT2D eigenvalue weighted by Gasteiger charge is 2.39. The lowest BCUT2D eigenvalue weighted by atomic mass is 9.81. The Balaban J connectivity index is 1.37. The second-order valence-corrected chi connectivity index (χ2v) is 9.40. The predicted octanol–water partition coefficient (Wildman–Crippen LogP) is 5.83. The number of carboxylic acid groups (broad SMARTS) is 1. The molecule has 2 heterocycles. The zero-order valence-electron chi connectivity index (χ0n) is 19.3. The summed E-state index contributed by atoms with van der Waals surface area (Å²) in [6, 6.07) is 15.6. The molecule has 0 amide bonds. The minimum absolute atomic E-state index is 0.0368. The van der Waals surface area contributed by atoms with Crippen molar-refractivity contribution in [2.75, 3.05) is 13.7 Å². The molecule has 2 aliphatic rings. The van der Waals surface area contributed by atoms with E-state index in [1.165, 1.54) is 13.3 Å². The van der Waals surface area contributed by atoms with Gasteiger partial charge in [-0.15, -0.1) is 0 Å². The van der Waals surface area contributed by atoms with Crippen molar-refractivity contribution in [3.05, 3.63) is 77.2 Å². The van der Waals surface area contributed by atoms with E-state index in [0.717, 1.165) is 47.3 Å². The number of rotatable bonds is 7. The predicted molar refractivity (Wildman–Crippen MR) is 127 cm³/mol. The monoisotopic (exact) mass is 461 g/mol. The molecule has 2 aromatic carbocycles. The van der Waals surface area contributed by atoms with E-state index in [0.29, 0.717) is 24.0 Å². The van der Waals surface area contributed by atoms with Crippen molar-refractivity contribution in [2.24, 2.45) is 11.8 Å². The molecular formula is C28H28FNO4. The summed E-state index contributed by atoms with van der Waals surface area (Å²) in [5, 5.41) is 9.61. The summed E-state index contributed by atoms with van der Waals surface area (Å²) in [6.07, 6.45) is 4.17. The van der Waals surface area contributed by atoms with E-state index in [4.69, 9.17) is 9.47 Å². The highest BCUT2D eigenvalue weighted by Crippen LogP contribution is 2.48. The molecule has 3 atom stereocenters. The van der Waals surface area contributed by atoms with Crippen molar-refractivity contribution in [3.63, 3.8) is 0 Å². The number of carboxylic acids is 1. The van der Waals surface area contributed by atoms with Gasteiger partial charge in [-0.05, 0) is 59.4 Å². The number of halogens is 1. The Labute approximate surface area is 198 Å². The van der Waals surface area contributed by atoms with Crippen molar-refractivity contribution in [1.82, 2.24) is 4.98 Å². The normalized spacial score (nSPS) is 19.0. The summed E-state index contributed by atoms with van der Waals surface area (Å²) in [6.45, 7) is 2.38. The summed E-state index contributed by atoms with van der Waals surface area (Å²) in [7, 11) is 1.51. The average Bonchev–Trinajstić information content (AvgIpc) is 3.69. The van der Waals surface area contributed by atoms with E-state index < -0.39 is 17.7 Å². The third-order valence-electron chi connectivity index (χ3n) is 7.17. The molecule has 1 N–H and O–H groups in total. The number of carbonyl (C=O) groups is 1. The maximum atomic E-state index is 14.3. The molecule has 0 spiro atoms. The lowest BCUT2D eigenvalue weighted by Crippen LogP contribution is -2.22. The standard InChI is InChI=1S/C28H28FNO4/c1-16(28(31)32)27(19-7-8-19)20-9-10-25-21(11-20)12-22(15-34-25)17-3-5-18(6-4-17)23-13-26(33-2)30-14-24(23)29/h3-6,9-11,13-14,16,19,22,27H,7-8,12,15H2,1-2H3,(H,31,32)/t16-,22?,27-/m0/s1. The summed E-state index contributed by atoms with van der Waals surface area (Å²) >= 11 is 0. The third-order valence-corrected chi connectivity index (χ3v) is 7.17. The van der Waals surface area contributed by atoms with Gasteiger partial charge < -0.3 is 14.6 Å². The Hall–Kier alpha value is -3.41. The number of methoxy groups -OCH3 is 1. The summed E-state index contributed by atoms with van der Waals surface area (Å²) in [5.74, 6) is 0.355. The average molecular weight is 462 g/mol. The fraction of sp³-hybridized carbons (Fsp3) is 0.357. The summed E-state index contributed by atoms with van der Waals surface area (Å²) < 4.78 is 25.5. The van der Waals surface area contributed by atoms with Crippen LogP contribution in [0.4, 0.5) is 4.39 Å². The molecule has 1 fully saturated rings. The first kappa shape index (κ1) is 22.4. The minimum Gasteiger partial charge on any atom is -0.493 e.